The van der Waals surface area contributed by atoms with Crippen LogP contribution >= 0.6 is 0 Å². The number of halogens is 2. The van der Waals surface area contributed by atoms with Gasteiger partial charge in [-0.3, -0.25) is 10.1 Å². The summed E-state index contributed by atoms with van der Waals surface area (Å²) in [6.07, 6.45) is -0.856. The minimum Gasteiger partial charge on any atom is -0.496 e. The van der Waals surface area contributed by atoms with E-state index in [1.807, 2.05) is 5.32 Å². The Morgan fingerprint density at radius 1 is 1.35 bits per heavy atom. The molecular formula is C13H15F2NO4. The first-order valence-electron chi connectivity index (χ1n) is 5.70. The van der Waals surface area contributed by atoms with Gasteiger partial charge in [-0.1, -0.05) is 0 Å². The fourth-order valence-electron chi connectivity index (χ4n) is 1.41. The third-order valence-electron chi connectivity index (χ3n) is 2.18. The first kappa shape index (κ1) is 15.9. The highest BCUT2D eigenvalue weighted by atomic mass is 19.1. The van der Waals surface area contributed by atoms with E-state index in [0.29, 0.717) is 0 Å². The molecule has 0 fully saturated rings. The number of amides is 1. The maximum Gasteiger partial charge on any atom is 0.412 e. The van der Waals surface area contributed by atoms with Crippen LogP contribution in [0.1, 0.15) is 31.1 Å². The summed E-state index contributed by atoms with van der Waals surface area (Å²) in [5.41, 5.74) is -2.07. The van der Waals surface area contributed by atoms with E-state index in [1.54, 1.807) is 20.8 Å². The number of benzene rings is 1. The number of carbonyl (C=O) groups excluding carboxylic acids is 2. The Labute approximate surface area is 114 Å². The second-order valence-electron chi connectivity index (χ2n) is 4.91. The van der Waals surface area contributed by atoms with Gasteiger partial charge in [-0.25, -0.2) is 13.6 Å². The summed E-state index contributed by atoms with van der Waals surface area (Å²) in [6, 6.07) is 0.805. The number of rotatable bonds is 3. The van der Waals surface area contributed by atoms with Crippen LogP contribution in [0.15, 0.2) is 6.07 Å². The zero-order valence-corrected chi connectivity index (χ0v) is 11.5. The van der Waals surface area contributed by atoms with Crippen LogP contribution in [0.3, 0.4) is 0 Å². The summed E-state index contributed by atoms with van der Waals surface area (Å²) in [5, 5.41) is 1.94. The van der Waals surface area contributed by atoms with E-state index >= 15 is 0 Å². The molecule has 1 amide bonds. The van der Waals surface area contributed by atoms with E-state index in [1.165, 1.54) is 7.11 Å². The Morgan fingerprint density at radius 3 is 2.40 bits per heavy atom. The van der Waals surface area contributed by atoms with Crippen molar-refractivity contribution in [3.8, 4) is 5.75 Å². The number of aldehydes is 1. The molecule has 0 bridgehead atoms. The molecule has 0 spiro atoms. The number of hydrogen-bond acceptors (Lipinski definition) is 4. The van der Waals surface area contributed by atoms with E-state index in [2.05, 4.69) is 4.74 Å². The van der Waals surface area contributed by atoms with E-state index in [0.717, 1.165) is 6.07 Å². The molecule has 0 saturated heterocycles. The van der Waals surface area contributed by atoms with Gasteiger partial charge in [-0.15, -0.1) is 0 Å². The quantitative estimate of drug-likeness (QED) is 0.867. The monoisotopic (exact) mass is 287 g/mol. The molecule has 0 radical (unpaired) electrons. The van der Waals surface area contributed by atoms with Gasteiger partial charge >= 0.3 is 6.09 Å². The number of hydrogen-bond donors (Lipinski definition) is 1. The van der Waals surface area contributed by atoms with Crippen molar-refractivity contribution in [1.29, 1.82) is 0 Å². The Balaban J connectivity index is 3.13. The molecule has 1 aromatic rings. The Morgan fingerprint density at radius 2 is 1.95 bits per heavy atom. The van der Waals surface area contributed by atoms with Crippen molar-refractivity contribution < 1.29 is 27.8 Å². The summed E-state index contributed by atoms with van der Waals surface area (Å²) in [5.74, 6) is -2.55. The lowest BCUT2D eigenvalue weighted by Crippen LogP contribution is -2.28. The molecule has 110 valence electrons. The summed E-state index contributed by atoms with van der Waals surface area (Å²) in [7, 11) is 1.17. The highest BCUT2D eigenvalue weighted by Crippen LogP contribution is 2.29. The van der Waals surface area contributed by atoms with Crippen LogP contribution in [0.2, 0.25) is 0 Å². The van der Waals surface area contributed by atoms with Gasteiger partial charge in [0.1, 0.15) is 17.0 Å². The molecule has 7 heteroatoms. The van der Waals surface area contributed by atoms with E-state index in [-0.39, 0.29) is 12.0 Å². The minimum absolute atomic E-state index is 0.174. The van der Waals surface area contributed by atoms with E-state index < -0.39 is 34.6 Å². The second kappa shape index (κ2) is 5.85. The fraction of sp³-hybridized carbons (Fsp3) is 0.385. The van der Waals surface area contributed by atoms with Crippen molar-refractivity contribution in [1.82, 2.24) is 0 Å². The largest absolute Gasteiger partial charge is 0.496 e. The number of carbonyl (C=O) groups is 2. The van der Waals surface area contributed by atoms with Crippen LogP contribution < -0.4 is 10.1 Å². The molecule has 20 heavy (non-hydrogen) atoms. The fourth-order valence-corrected chi connectivity index (χ4v) is 1.41. The van der Waals surface area contributed by atoms with Crippen LogP contribution in [0.4, 0.5) is 19.3 Å². The second-order valence-corrected chi connectivity index (χ2v) is 4.91. The van der Waals surface area contributed by atoms with Crippen LogP contribution in [0.5, 0.6) is 5.75 Å². The van der Waals surface area contributed by atoms with Gasteiger partial charge in [0.25, 0.3) is 0 Å². The summed E-state index contributed by atoms with van der Waals surface area (Å²) in [6.45, 7) is 4.80. The topological polar surface area (TPSA) is 64.6 Å². The molecule has 0 saturated carbocycles. The van der Waals surface area contributed by atoms with Crippen molar-refractivity contribution in [2.24, 2.45) is 0 Å². The highest BCUT2D eigenvalue weighted by molar-refractivity contribution is 5.89. The van der Waals surface area contributed by atoms with Gasteiger partial charge in [0.2, 0.25) is 0 Å². The van der Waals surface area contributed by atoms with Gasteiger partial charge in [-0.2, -0.15) is 0 Å². The number of nitrogens with one attached hydrogen (secondary N) is 1. The van der Waals surface area contributed by atoms with Crippen molar-refractivity contribution in [2.45, 2.75) is 26.4 Å². The van der Waals surface area contributed by atoms with Gasteiger partial charge in [0.15, 0.2) is 17.9 Å². The standard InChI is InChI=1S/C13H15F2NO4/c1-13(2,3)20-12(18)16-11-8(14)5-9(19-4)7(6-17)10(11)15/h5-6H,1-4H3,(H,16,18). The number of ether oxygens (including phenoxy) is 2. The molecule has 1 aromatic carbocycles. The molecule has 5 nitrogen and oxygen atoms in total. The summed E-state index contributed by atoms with van der Waals surface area (Å²) >= 11 is 0. The van der Waals surface area contributed by atoms with Crippen LogP contribution in [-0.4, -0.2) is 25.1 Å². The Kier molecular flexibility index (Phi) is 4.65. The summed E-state index contributed by atoms with van der Waals surface area (Å²) < 4.78 is 37.2. The highest BCUT2D eigenvalue weighted by Gasteiger charge is 2.23. The zero-order valence-electron chi connectivity index (χ0n) is 11.5. The molecule has 0 heterocycles. The number of anilines is 1. The zero-order chi connectivity index (χ0) is 15.5. The molecule has 0 unspecified atom stereocenters. The van der Waals surface area contributed by atoms with Crippen molar-refractivity contribution in [2.75, 3.05) is 12.4 Å². The Hall–Kier alpha value is -2.18. The Bertz CT molecular complexity index is 538. The molecule has 0 aliphatic carbocycles. The third-order valence-corrected chi connectivity index (χ3v) is 2.18. The van der Waals surface area contributed by atoms with Gasteiger partial charge in [-0.05, 0) is 20.8 Å². The van der Waals surface area contributed by atoms with Gasteiger partial charge in [0, 0.05) is 6.07 Å². The average molecular weight is 287 g/mol. The first-order valence-corrected chi connectivity index (χ1v) is 5.70. The van der Waals surface area contributed by atoms with Crippen molar-refractivity contribution in [3.05, 3.63) is 23.3 Å². The molecule has 0 aromatic heterocycles. The maximum atomic E-state index is 14.0. The number of methoxy groups -OCH3 is 1. The lowest BCUT2D eigenvalue weighted by molar-refractivity contribution is 0.0634. The summed E-state index contributed by atoms with van der Waals surface area (Å²) in [4.78, 5) is 22.3. The molecule has 1 rings (SSSR count). The predicted octanol–water partition coefficient (Wildman–Crippen LogP) is 3.13. The molecular weight excluding hydrogens is 272 g/mol. The first-order chi connectivity index (χ1) is 9.19. The lowest BCUT2D eigenvalue weighted by Gasteiger charge is -2.20. The van der Waals surface area contributed by atoms with Gasteiger partial charge in [0.05, 0.1) is 12.7 Å². The molecule has 0 atom stereocenters. The third kappa shape index (κ3) is 3.66. The molecule has 1 N–H and O–H groups in total. The van der Waals surface area contributed by atoms with E-state index in [9.17, 15) is 18.4 Å². The SMILES string of the molecule is COc1cc(F)c(NC(=O)OC(C)(C)C)c(F)c1C=O. The molecule has 0 aliphatic rings. The lowest BCUT2D eigenvalue weighted by atomic mass is 10.1. The van der Waals surface area contributed by atoms with Crippen molar-refractivity contribution >= 4 is 18.1 Å². The van der Waals surface area contributed by atoms with Crippen molar-refractivity contribution in [3.63, 3.8) is 0 Å². The predicted molar refractivity (Wildman–Crippen MR) is 68.2 cm³/mol. The molecule has 0 aliphatic heterocycles. The minimum atomic E-state index is -1.22. The van der Waals surface area contributed by atoms with Gasteiger partial charge < -0.3 is 9.47 Å². The van der Waals surface area contributed by atoms with E-state index in [4.69, 9.17) is 4.74 Å². The maximum absolute atomic E-state index is 14.0. The average Bonchev–Trinajstić information content (AvgIpc) is 2.31. The van der Waals surface area contributed by atoms with Crippen LogP contribution in [0, 0.1) is 11.6 Å². The normalized spacial score (nSPS) is 10.9. The van der Waals surface area contributed by atoms with Crippen LogP contribution in [-0.2, 0) is 4.74 Å². The van der Waals surface area contributed by atoms with Crippen LogP contribution in [0.25, 0.3) is 0 Å². The smallest absolute Gasteiger partial charge is 0.412 e.